The van der Waals surface area contributed by atoms with Gasteiger partial charge in [-0.05, 0) is 24.3 Å². The van der Waals surface area contributed by atoms with Crippen LogP contribution in [0.15, 0.2) is 47.2 Å². The lowest BCUT2D eigenvalue weighted by atomic mass is 10.1. The highest BCUT2D eigenvalue weighted by Crippen LogP contribution is 2.32. The van der Waals surface area contributed by atoms with E-state index in [0.717, 1.165) is 34.3 Å². The molecule has 3 aromatic rings. The van der Waals surface area contributed by atoms with Crippen LogP contribution in [0.5, 0.6) is 0 Å². The molecule has 0 N–H and O–H groups in total. The zero-order valence-corrected chi connectivity index (χ0v) is 8.98. The monoisotopic (exact) mass is 226 g/mol. The van der Waals surface area contributed by atoms with E-state index in [9.17, 15) is 4.39 Å². The van der Waals surface area contributed by atoms with Gasteiger partial charge in [0.15, 0.2) is 12.7 Å². The largest absolute Gasteiger partial charge is 0.464 e. The predicted molar refractivity (Wildman–Crippen MR) is 60.9 cm³/mol. The fourth-order valence-electron chi connectivity index (χ4n) is 2.57. The predicted octanol–water partition coefficient (Wildman–Crippen LogP) is 2.89. The molecule has 0 spiro atoms. The van der Waals surface area contributed by atoms with Gasteiger partial charge in [-0.1, -0.05) is 0 Å². The number of aromatic nitrogens is 1. The average molecular weight is 226 g/mol. The van der Waals surface area contributed by atoms with E-state index in [2.05, 4.69) is 4.57 Å². The van der Waals surface area contributed by atoms with Crippen LogP contribution in [0.25, 0.3) is 22.2 Å². The van der Waals surface area contributed by atoms with Gasteiger partial charge in [-0.3, -0.25) is 0 Å². The maximum Gasteiger partial charge on any atom is 0.224 e. The first kappa shape index (κ1) is 8.93. The first-order chi connectivity index (χ1) is 8.33. The number of furan rings is 1. The minimum Gasteiger partial charge on any atom is -0.464 e. The molecule has 0 radical (unpaired) electrons. The maximum absolute atomic E-state index is 13.2. The summed E-state index contributed by atoms with van der Waals surface area (Å²) in [6.45, 7) is 0.726. The van der Waals surface area contributed by atoms with Gasteiger partial charge in [0.25, 0.3) is 0 Å². The van der Waals surface area contributed by atoms with Crippen molar-refractivity contribution in [1.29, 1.82) is 0 Å². The highest BCUT2D eigenvalue weighted by molar-refractivity contribution is 5.91. The van der Waals surface area contributed by atoms with E-state index >= 15 is 0 Å². The zero-order valence-electron chi connectivity index (χ0n) is 8.98. The second-order valence-electron chi connectivity index (χ2n) is 4.29. The van der Waals surface area contributed by atoms with Crippen LogP contribution in [-0.2, 0) is 6.54 Å². The van der Waals surface area contributed by atoms with Gasteiger partial charge < -0.3 is 4.42 Å². The molecule has 17 heavy (non-hydrogen) atoms. The van der Waals surface area contributed by atoms with Crippen molar-refractivity contribution in [2.45, 2.75) is 6.54 Å². The molecule has 3 heteroatoms. The zero-order chi connectivity index (χ0) is 11.4. The Morgan fingerprint density at radius 3 is 3.06 bits per heavy atom. The van der Waals surface area contributed by atoms with Crippen molar-refractivity contribution < 1.29 is 13.4 Å². The van der Waals surface area contributed by atoms with Crippen molar-refractivity contribution in [3.05, 3.63) is 54.2 Å². The van der Waals surface area contributed by atoms with Gasteiger partial charge >= 0.3 is 0 Å². The first-order valence-corrected chi connectivity index (χ1v) is 5.51. The summed E-state index contributed by atoms with van der Waals surface area (Å²) >= 11 is 0. The minimum absolute atomic E-state index is 0.180. The molecule has 1 aromatic carbocycles. The van der Waals surface area contributed by atoms with Crippen molar-refractivity contribution in [3.8, 4) is 11.3 Å². The molecule has 0 saturated heterocycles. The SMILES string of the molecule is Fc1ccc2c(c1)C[n+]1ccc3occc3c1-2. The first-order valence-electron chi connectivity index (χ1n) is 5.51. The molecular formula is C14H9FNO+. The molecule has 2 nitrogen and oxygen atoms in total. The Morgan fingerprint density at radius 2 is 2.12 bits per heavy atom. The lowest BCUT2D eigenvalue weighted by Gasteiger charge is -1.95. The summed E-state index contributed by atoms with van der Waals surface area (Å²) in [7, 11) is 0. The summed E-state index contributed by atoms with van der Waals surface area (Å²) in [6.07, 6.45) is 3.67. The maximum atomic E-state index is 13.2. The fraction of sp³-hybridized carbons (Fsp3) is 0.0714. The van der Waals surface area contributed by atoms with E-state index in [1.165, 1.54) is 6.07 Å². The van der Waals surface area contributed by atoms with Crippen molar-refractivity contribution in [2.24, 2.45) is 0 Å². The Labute approximate surface area is 96.9 Å². The van der Waals surface area contributed by atoms with Crippen LogP contribution in [0.2, 0.25) is 0 Å². The van der Waals surface area contributed by atoms with Gasteiger partial charge in [-0.15, -0.1) is 0 Å². The lowest BCUT2D eigenvalue weighted by molar-refractivity contribution is -0.671. The van der Waals surface area contributed by atoms with Crippen LogP contribution in [0.4, 0.5) is 4.39 Å². The number of hydrogen-bond acceptors (Lipinski definition) is 1. The molecule has 4 rings (SSSR count). The standard InChI is InChI=1S/C14H9FNO/c15-10-1-2-11-9(7-10)8-16-5-3-13-12(14(11)16)4-6-17-13/h1-7H,8H2/q+1. The Kier molecular flexibility index (Phi) is 1.55. The molecule has 0 atom stereocenters. The minimum atomic E-state index is -0.180. The molecule has 1 aliphatic heterocycles. The summed E-state index contributed by atoms with van der Waals surface area (Å²) in [5, 5.41) is 1.08. The molecule has 0 fully saturated rings. The molecule has 0 saturated carbocycles. The summed E-state index contributed by atoms with van der Waals surface area (Å²) in [6, 6.07) is 8.86. The highest BCUT2D eigenvalue weighted by atomic mass is 19.1. The normalized spacial score (nSPS) is 12.8. The quantitative estimate of drug-likeness (QED) is 0.421. The third-order valence-corrected chi connectivity index (χ3v) is 3.31. The summed E-state index contributed by atoms with van der Waals surface area (Å²) in [5.41, 5.74) is 4.11. The molecule has 0 aliphatic carbocycles. The van der Waals surface area contributed by atoms with Crippen LogP contribution < -0.4 is 4.57 Å². The third-order valence-electron chi connectivity index (χ3n) is 3.31. The van der Waals surface area contributed by atoms with Crippen molar-refractivity contribution in [2.75, 3.05) is 0 Å². The fourth-order valence-corrected chi connectivity index (χ4v) is 2.57. The van der Waals surface area contributed by atoms with Gasteiger partial charge in [0.2, 0.25) is 5.69 Å². The number of hydrogen-bond donors (Lipinski definition) is 0. The molecular weight excluding hydrogens is 217 g/mol. The second-order valence-corrected chi connectivity index (χ2v) is 4.29. The number of nitrogens with zero attached hydrogens (tertiary/aromatic N) is 1. The number of fused-ring (bicyclic) bond motifs is 5. The van der Waals surface area contributed by atoms with E-state index in [4.69, 9.17) is 4.42 Å². The van der Waals surface area contributed by atoms with Crippen LogP contribution in [0.3, 0.4) is 0 Å². The molecule has 0 bridgehead atoms. The van der Waals surface area contributed by atoms with E-state index in [-0.39, 0.29) is 5.82 Å². The van der Waals surface area contributed by atoms with Crippen molar-refractivity contribution >= 4 is 11.0 Å². The summed E-state index contributed by atoms with van der Waals surface area (Å²) in [5.74, 6) is -0.180. The number of benzene rings is 1. The summed E-state index contributed by atoms with van der Waals surface area (Å²) < 4.78 is 20.7. The average Bonchev–Trinajstić information content (AvgIpc) is 2.89. The molecule has 82 valence electrons. The molecule has 0 unspecified atom stereocenters. The van der Waals surface area contributed by atoms with Gasteiger partial charge in [0.1, 0.15) is 11.4 Å². The Balaban J connectivity index is 2.13. The smallest absolute Gasteiger partial charge is 0.224 e. The van der Waals surface area contributed by atoms with Crippen LogP contribution in [-0.4, -0.2) is 0 Å². The van der Waals surface area contributed by atoms with Crippen molar-refractivity contribution in [3.63, 3.8) is 0 Å². The van der Waals surface area contributed by atoms with E-state index in [1.807, 2.05) is 24.4 Å². The Morgan fingerprint density at radius 1 is 1.18 bits per heavy atom. The number of rotatable bonds is 0. The number of pyridine rings is 1. The van der Waals surface area contributed by atoms with Gasteiger partial charge in [-0.2, -0.15) is 4.57 Å². The topological polar surface area (TPSA) is 17.0 Å². The molecule has 3 heterocycles. The third kappa shape index (κ3) is 1.11. The van der Waals surface area contributed by atoms with E-state index < -0.39 is 0 Å². The lowest BCUT2D eigenvalue weighted by Crippen LogP contribution is -2.31. The van der Waals surface area contributed by atoms with Crippen molar-refractivity contribution in [1.82, 2.24) is 0 Å². The highest BCUT2D eigenvalue weighted by Gasteiger charge is 2.29. The molecule has 1 aliphatic rings. The van der Waals surface area contributed by atoms with Crippen LogP contribution in [0, 0.1) is 5.82 Å². The van der Waals surface area contributed by atoms with Gasteiger partial charge in [-0.25, -0.2) is 4.39 Å². The van der Waals surface area contributed by atoms with Gasteiger partial charge in [0.05, 0.1) is 17.2 Å². The summed E-state index contributed by atoms with van der Waals surface area (Å²) in [4.78, 5) is 0. The van der Waals surface area contributed by atoms with E-state index in [1.54, 1.807) is 12.3 Å². The van der Waals surface area contributed by atoms with Gasteiger partial charge in [0, 0.05) is 11.6 Å². The van der Waals surface area contributed by atoms with Crippen LogP contribution >= 0.6 is 0 Å². The van der Waals surface area contributed by atoms with E-state index in [0.29, 0.717) is 0 Å². The molecule has 0 amide bonds. The Hall–Kier alpha value is -2.16. The molecule has 2 aromatic heterocycles. The number of halogens is 1. The Bertz CT molecular complexity index is 745. The second kappa shape index (κ2) is 2.94. The van der Waals surface area contributed by atoms with Crippen LogP contribution in [0.1, 0.15) is 5.56 Å².